The van der Waals surface area contributed by atoms with Crippen molar-refractivity contribution in [3.8, 4) is 11.6 Å². The van der Waals surface area contributed by atoms with Crippen molar-refractivity contribution in [2.45, 2.75) is 31.2 Å². The smallest absolute Gasteiger partial charge is 0.235 e. The molecule has 2 unspecified atom stereocenters. The van der Waals surface area contributed by atoms with Crippen LogP contribution in [0.3, 0.4) is 0 Å². The third-order valence-corrected chi connectivity index (χ3v) is 5.77. The monoisotopic (exact) mass is 482 g/mol. The molecule has 0 aliphatic carbocycles. The van der Waals surface area contributed by atoms with Gasteiger partial charge < -0.3 is 18.6 Å². The minimum Gasteiger partial charge on any atom is -0.458 e. The van der Waals surface area contributed by atoms with Gasteiger partial charge in [0.2, 0.25) is 11.8 Å². The van der Waals surface area contributed by atoms with Gasteiger partial charge >= 0.3 is 0 Å². The molecule has 0 radical (unpaired) electrons. The summed E-state index contributed by atoms with van der Waals surface area (Å²) in [6, 6.07) is 3.58. The van der Waals surface area contributed by atoms with Crippen LogP contribution < -0.4 is 4.72 Å². The van der Waals surface area contributed by atoms with Crippen LogP contribution in [0.5, 0.6) is 0 Å². The van der Waals surface area contributed by atoms with E-state index in [0.29, 0.717) is 41.6 Å². The maximum absolute atomic E-state index is 5.90. The second-order valence-electron chi connectivity index (χ2n) is 7.03. The average molecular weight is 483 g/mol. The van der Waals surface area contributed by atoms with Crippen LogP contribution in [-0.2, 0) is 14.2 Å². The molecule has 3 aromatic rings. The lowest BCUT2D eigenvalue weighted by Crippen LogP contribution is -2.23. The largest absolute Gasteiger partial charge is 0.458 e. The molecule has 0 aliphatic heterocycles. The van der Waals surface area contributed by atoms with Crippen LogP contribution >= 0.6 is 23.5 Å². The fourth-order valence-corrected chi connectivity index (χ4v) is 4.08. The van der Waals surface area contributed by atoms with Crippen molar-refractivity contribution in [3.05, 3.63) is 41.1 Å². The molecule has 0 spiro atoms. The normalized spacial score (nSPS) is 13.5. The lowest BCUT2D eigenvalue weighted by molar-refractivity contribution is 0.0907. The van der Waals surface area contributed by atoms with Crippen LogP contribution in [0.15, 0.2) is 28.9 Å². The molecule has 1 N–H and O–H groups in total. The molecular weight excluding hydrogens is 456 g/mol. The van der Waals surface area contributed by atoms with E-state index < -0.39 is 0 Å². The van der Waals surface area contributed by atoms with Gasteiger partial charge in [0, 0.05) is 33.7 Å². The molecular formula is C20H27ClN6O4S. The summed E-state index contributed by atoms with van der Waals surface area (Å²) in [6.07, 6.45) is 2.74. The number of hydrogen-bond acceptors (Lipinski definition) is 10. The molecule has 0 fully saturated rings. The summed E-state index contributed by atoms with van der Waals surface area (Å²) in [4.78, 5) is 8.56. The van der Waals surface area contributed by atoms with Gasteiger partial charge in [-0.15, -0.1) is 10.2 Å². The van der Waals surface area contributed by atoms with Gasteiger partial charge in [-0.1, -0.05) is 11.6 Å². The van der Waals surface area contributed by atoms with Gasteiger partial charge in [0.05, 0.1) is 29.5 Å². The molecule has 12 heteroatoms. The fraction of sp³-hybridized carbons (Fsp3) is 0.500. The number of aryl methyl sites for hydroxylation is 1. The number of anilines is 1. The highest BCUT2D eigenvalue weighted by Crippen LogP contribution is 2.31. The molecule has 10 nitrogen and oxygen atoms in total. The van der Waals surface area contributed by atoms with Crippen molar-refractivity contribution in [2.75, 3.05) is 39.3 Å². The molecule has 3 rings (SSSR count). The number of hydrogen-bond donors (Lipinski definition) is 1. The second kappa shape index (κ2) is 11.6. The van der Waals surface area contributed by atoms with Gasteiger partial charge in [-0.05, 0) is 37.9 Å². The zero-order valence-electron chi connectivity index (χ0n) is 18.6. The van der Waals surface area contributed by atoms with E-state index in [1.807, 2.05) is 30.5 Å². The molecule has 3 aromatic heterocycles. The number of furan rings is 1. The van der Waals surface area contributed by atoms with Gasteiger partial charge in [0.1, 0.15) is 11.9 Å². The quantitative estimate of drug-likeness (QED) is 0.381. The van der Waals surface area contributed by atoms with E-state index in [-0.39, 0.29) is 17.4 Å². The first-order valence-corrected chi connectivity index (χ1v) is 11.2. The summed E-state index contributed by atoms with van der Waals surface area (Å²) in [7, 11) is 4.90. The van der Waals surface area contributed by atoms with E-state index >= 15 is 0 Å². The SMILES string of the molecule is COCC(COC)n1c(NSC(C)C(OC)c2ncc(Cl)cn2)nnc1-c1ccc(C)o1. The third-order valence-electron chi connectivity index (χ3n) is 4.65. The van der Waals surface area contributed by atoms with Gasteiger partial charge in [-0.2, -0.15) is 0 Å². The van der Waals surface area contributed by atoms with E-state index in [2.05, 4.69) is 24.9 Å². The fourth-order valence-electron chi connectivity index (χ4n) is 3.20. The van der Waals surface area contributed by atoms with Crippen LogP contribution in [0, 0.1) is 6.92 Å². The van der Waals surface area contributed by atoms with Crippen LogP contribution in [0.2, 0.25) is 5.02 Å². The van der Waals surface area contributed by atoms with Gasteiger partial charge in [-0.3, -0.25) is 9.29 Å². The molecule has 0 aliphatic rings. The van der Waals surface area contributed by atoms with Gasteiger partial charge in [0.25, 0.3) is 0 Å². The third kappa shape index (κ3) is 5.78. The Bertz CT molecular complexity index is 977. The Balaban J connectivity index is 1.84. The zero-order chi connectivity index (χ0) is 23.1. The topological polar surface area (TPSA) is 109 Å². The Morgan fingerprint density at radius 3 is 2.38 bits per heavy atom. The molecule has 2 atom stereocenters. The number of rotatable bonds is 12. The van der Waals surface area contributed by atoms with Crippen molar-refractivity contribution >= 4 is 29.5 Å². The van der Waals surface area contributed by atoms with Gasteiger partial charge in [0.15, 0.2) is 11.6 Å². The molecule has 0 saturated carbocycles. The predicted molar refractivity (Wildman–Crippen MR) is 123 cm³/mol. The Hall–Kier alpha value is -2.18. The van der Waals surface area contributed by atoms with Crippen LogP contribution in [0.25, 0.3) is 11.6 Å². The maximum atomic E-state index is 5.90. The first kappa shape index (κ1) is 24.5. The summed E-state index contributed by atoms with van der Waals surface area (Å²) in [5, 5.41) is 9.11. The number of ether oxygens (including phenoxy) is 3. The number of halogens is 1. The summed E-state index contributed by atoms with van der Waals surface area (Å²) in [6.45, 7) is 4.70. The lowest BCUT2D eigenvalue weighted by Gasteiger charge is -2.23. The van der Waals surface area contributed by atoms with E-state index in [0.717, 1.165) is 5.76 Å². The van der Waals surface area contributed by atoms with Crippen molar-refractivity contribution in [2.24, 2.45) is 0 Å². The average Bonchev–Trinajstić information content (AvgIpc) is 3.40. The second-order valence-corrected chi connectivity index (χ2v) is 8.65. The summed E-state index contributed by atoms with van der Waals surface area (Å²) < 4.78 is 27.5. The number of nitrogens with zero attached hydrogens (tertiary/aromatic N) is 5. The summed E-state index contributed by atoms with van der Waals surface area (Å²) >= 11 is 7.32. The zero-order valence-corrected chi connectivity index (χ0v) is 20.2. The standard InChI is InChI=1S/C20H27ClN6O4S/c1-12-6-7-16(31-12)19-24-25-20(27(19)15(10-28-3)11-29-4)26-32-13(2)17(30-5)18-22-8-14(21)9-23-18/h6-9,13,15,17H,10-11H2,1-5H3,(H,25,26). The van der Waals surface area contributed by atoms with E-state index in [1.165, 1.54) is 11.9 Å². The van der Waals surface area contributed by atoms with E-state index in [1.54, 1.807) is 33.7 Å². The minimum atomic E-state index is -0.359. The summed E-state index contributed by atoms with van der Waals surface area (Å²) in [5.41, 5.74) is 0. The lowest BCUT2D eigenvalue weighted by atomic mass is 10.2. The van der Waals surface area contributed by atoms with Crippen LogP contribution in [0.1, 0.15) is 30.7 Å². The minimum absolute atomic E-state index is 0.0658. The highest BCUT2D eigenvalue weighted by atomic mass is 35.5. The first-order valence-electron chi connectivity index (χ1n) is 9.89. The predicted octanol–water partition coefficient (Wildman–Crippen LogP) is 3.96. The molecule has 0 bridgehead atoms. The highest BCUT2D eigenvalue weighted by molar-refractivity contribution is 8.01. The Kier molecular flexibility index (Phi) is 8.88. The van der Waals surface area contributed by atoms with Crippen molar-refractivity contribution in [3.63, 3.8) is 0 Å². The molecule has 0 saturated heterocycles. The Morgan fingerprint density at radius 2 is 1.81 bits per heavy atom. The summed E-state index contributed by atoms with van der Waals surface area (Å²) in [5.74, 6) is 3.06. The number of methoxy groups -OCH3 is 3. The Labute approximate surface area is 196 Å². The molecule has 3 heterocycles. The van der Waals surface area contributed by atoms with Crippen LogP contribution in [-0.4, -0.2) is 64.5 Å². The Morgan fingerprint density at radius 1 is 1.12 bits per heavy atom. The van der Waals surface area contributed by atoms with Gasteiger partial charge in [-0.25, -0.2) is 9.97 Å². The highest BCUT2D eigenvalue weighted by Gasteiger charge is 2.27. The van der Waals surface area contributed by atoms with E-state index in [9.17, 15) is 0 Å². The first-order chi connectivity index (χ1) is 15.5. The molecule has 0 amide bonds. The molecule has 174 valence electrons. The van der Waals surface area contributed by atoms with Crippen molar-refractivity contribution < 1.29 is 18.6 Å². The van der Waals surface area contributed by atoms with Crippen molar-refractivity contribution in [1.29, 1.82) is 0 Å². The maximum Gasteiger partial charge on any atom is 0.235 e. The number of nitrogens with one attached hydrogen (secondary N) is 1. The van der Waals surface area contributed by atoms with Crippen molar-refractivity contribution in [1.82, 2.24) is 24.7 Å². The number of aromatic nitrogens is 5. The molecule has 32 heavy (non-hydrogen) atoms. The molecule has 0 aromatic carbocycles. The van der Waals surface area contributed by atoms with E-state index in [4.69, 9.17) is 30.2 Å². The van der Waals surface area contributed by atoms with Crippen LogP contribution in [0.4, 0.5) is 5.95 Å².